The highest BCUT2D eigenvalue weighted by Crippen LogP contribution is 2.53. The number of hydrogen-bond acceptors (Lipinski definition) is 2. The Balaban J connectivity index is 1.89. The van der Waals surface area contributed by atoms with Crippen LogP contribution in [0.25, 0.3) is 0 Å². The zero-order valence-electron chi connectivity index (χ0n) is 18.9. The summed E-state index contributed by atoms with van der Waals surface area (Å²) in [6.07, 6.45) is 5.63. The molecule has 1 amide bonds. The van der Waals surface area contributed by atoms with E-state index in [0.717, 1.165) is 23.6 Å². The summed E-state index contributed by atoms with van der Waals surface area (Å²) in [4.78, 5) is 16.4. The van der Waals surface area contributed by atoms with E-state index in [1.807, 2.05) is 37.4 Å². The van der Waals surface area contributed by atoms with Crippen LogP contribution in [0.15, 0.2) is 61.2 Å². The Labute approximate surface area is 201 Å². The number of benzene rings is 2. The third-order valence-corrected chi connectivity index (χ3v) is 7.61. The molecule has 0 spiro atoms. The number of hydrogen-bond donors (Lipinski definition) is 1. The summed E-state index contributed by atoms with van der Waals surface area (Å²) in [5.41, 5.74) is 1.79. The Morgan fingerprint density at radius 3 is 2.47 bits per heavy atom. The molecule has 0 radical (unpaired) electrons. The van der Waals surface area contributed by atoms with Gasteiger partial charge in [0, 0.05) is 28.5 Å². The highest BCUT2D eigenvalue weighted by Gasteiger charge is 2.53. The maximum absolute atomic E-state index is 14.2. The molecule has 2 aliphatic rings. The monoisotopic (exact) mass is 470 g/mol. The van der Waals surface area contributed by atoms with Crippen molar-refractivity contribution in [1.82, 2.24) is 10.2 Å². The van der Waals surface area contributed by atoms with E-state index in [2.05, 4.69) is 48.0 Å². The molecule has 0 aromatic heterocycles. The van der Waals surface area contributed by atoms with E-state index in [-0.39, 0.29) is 23.9 Å². The van der Waals surface area contributed by atoms with Gasteiger partial charge in [-0.1, -0.05) is 60.5 Å². The number of halogens is 2. The van der Waals surface area contributed by atoms with Crippen LogP contribution in [0.2, 0.25) is 10.0 Å². The van der Waals surface area contributed by atoms with Crippen LogP contribution in [0, 0.1) is 11.3 Å². The van der Waals surface area contributed by atoms with Crippen LogP contribution in [-0.2, 0) is 4.79 Å². The summed E-state index contributed by atoms with van der Waals surface area (Å²) in [5, 5.41) is 4.78. The number of nitrogens with one attached hydrogen (secondary N) is 1. The molecule has 1 saturated heterocycles. The van der Waals surface area contributed by atoms with E-state index in [4.69, 9.17) is 23.2 Å². The predicted molar refractivity (Wildman–Crippen MR) is 133 cm³/mol. The third kappa shape index (κ3) is 4.62. The Bertz CT molecular complexity index is 972. The van der Waals surface area contributed by atoms with E-state index in [1.54, 1.807) is 0 Å². The molecule has 1 aliphatic carbocycles. The highest BCUT2D eigenvalue weighted by atomic mass is 35.5. The van der Waals surface area contributed by atoms with Crippen LogP contribution in [0.4, 0.5) is 0 Å². The fourth-order valence-corrected chi connectivity index (χ4v) is 5.76. The molecule has 32 heavy (non-hydrogen) atoms. The molecule has 4 atom stereocenters. The van der Waals surface area contributed by atoms with Gasteiger partial charge in [-0.15, -0.1) is 6.58 Å². The maximum atomic E-state index is 14.2. The average molecular weight is 471 g/mol. The van der Waals surface area contributed by atoms with Gasteiger partial charge in [0.05, 0.1) is 11.5 Å². The number of likely N-dealkylation sites (tertiary alicyclic amines) is 1. The lowest BCUT2D eigenvalue weighted by molar-refractivity contribution is -0.155. The number of rotatable bonds is 8. The quantitative estimate of drug-likeness (QED) is 0.438. The van der Waals surface area contributed by atoms with Crippen molar-refractivity contribution in [3.05, 3.63) is 82.4 Å². The molecule has 170 valence electrons. The minimum atomic E-state index is -0.501. The standard InChI is InChI=1S/C27H32Cl2N2O/c1-4-14-27(2)16-23(20-6-5-7-22(29)15-20)25(19-10-12-21(28)13-11-19)31(26(27)32)24(17-30-3)18-8-9-18/h4-7,10-13,15,18,23-25,30H,1,8-9,14,16-17H2,2-3H3/t23-,24-,25-,27+/m1/s1. The molecule has 2 aromatic rings. The van der Waals surface area contributed by atoms with Crippen molar-refractivity contribution in [2.75, 3.05) is 13.6 Å². The molecule has 2 fully saturated rings. The topological polar surface area (TPSA) is 32.3 Å². The lowest BCUT2D eigenvalue weighted by Crippen LogP contribution is -2.58. The van der Waals surface area contributed by atoms with Crippen LogP contribution in [-0.4, -0.2) is 30.4 Å². The van der Waals surface area contributed by atoms with Gasteiger partial charge in [0.15, 0.2) is 0 Å². The second-order valence-electron chi connectivity index (χ2n) is 9.59. The first kappa shape index (κ1) is 23.4. The summed E-state index contributed by atoms with van der Waals surface area (Å²) < 4.78 is 0. The molecule has 1 aliphatic heterocycles. The molecule has 0 bridgehead atoms. The first-order valence-corrected chi connectivity index (χ1v) is 12.2. The second kappa shape index (κ2) is 9.59. The number of allylic oxidation sites excluding steroid dienone is 1. The SMILES string of the molecule is C=CC[C@@]1(C)C[C@H](c2cccc(Cl)c2)[C@@H](c2ccc(Cl)cc2)N([C@H](CNC)C2CC2)C1=O. The lowest BCUT2D eigenvalue weighted by atomic mass is 9.67. The van der Waals surface area contributed by atoms with Crippen molar-refractivity contribution in [3.63, 3.8) is 0 Å². The van der Waals surface area contributed by atoms with Gasteiger partial charge in [-0.3, -0.25) is 4.79 Å². The van der Waals surface area contributed by atoms with Crippen LogP contribution < -0.4 is 5.32 Å². The minimum Gasteiger partial charge on any atom is -0.330 e. The number of nitrogens with zero attached hydrogens (tertiary/aromatic N) is 1. The van der Waals surface area contributed by atoms with Crippen molar-refractivity contribution in [2.24, 2.45) is 11.3 Å². The molecule has 1 N–H and O–H groups in total. The van der Waals surface area contributed by atoms with E-state index in [9.17, 15) is 4.79 Å². The van der Waals surface area contributed by atoms with Gasteiger partial charge in [-0.2, -0.15) is 0 Å². The molecular formula is C27H32Cl2N2O. The predicted octanol–water partition coefficient (Wildman–Crippen LogP) is 6.63. The average Bonchev–Trinajstić information content (AvgIpc) is 3.60. The molecule has 2 aromatic carbocycles. The zero-order valence-corrected chi connectivity index (χ0v) is 20.4. The van der Waals surface area contributed by atoms with Crippen LogP contribution in [0.1, 0.15) is 55.7 Å². The molecule has 1 saturated carbocycles. The highest BCUT2D eigenvalue weighted by molar-refractivity contribution is 6.30. The Morgan fingerprint density at radius 2 is 1.88 bits per heavy atom. The van der Waals surface area contributed by atoms with Gasteiger partial charge >= 0.3 is 0 Å². The van der Waals surface area contributed by atoms with Crippen molar-refractivity contribution in [3.8, 4) is 0 Å². The second-order valence-corrected chi connectivity index (χ2v) is 10.5. The largest absolute Gasteiger partial charge is 0.330 e. The Morgan fingerprint density at radius 1 is 1.16 bits per heavy atom. The normalized spacial score (nSPS) is 26.8. The molecule has 3 nitrogen and oxygen atoms in total. The zero-order chi connectivity index (χ0) is 22.9. The van der Waals surface area contributed by atoms with E-state index < -0.39 is 5.41 Å². The summed E-state index contributed by atoms with van der Waals surface area (Å²) in [6.45, 7) is 6.85. The van der Waals surface area contributed by atoms with Crippen molar-refractivity contribution in [2.45, 2.75) is 50.6 Å². The van der Waals surface area contributed by atoms with E-state index >= 15 is 0 Å². The summed E-state index contributed by atoms with van der Waals surface area (Å²) >= 11 is 12.7. The van der Waals surface area contributed by atoms with Crippen LogP contribution in [0.3, 0.4) is 0 Å². The number of carbonyl (C=O) groups is 1. The van der Waals surface area contributed by atoms with Gasteiger partial charge < -0.3 is 10.2 Å². The smallest absolute Gasteiger partial charge is 0.229 e. The first-order valence-electron chi connectivity index (χ1n) is 11.5. The van der Waals surface area contributed by atoms with Gasteiger partial charge in [0.2, 0.25) is 5.91 Å². The number of amides is 1. The molecule has 1 heterocycles. The minimum absolute atomic E-state index is 0.0740. The summed E-state index contributed by atoms with van der Waals surface area (Å²) in [6, 6.07) is 16.2. The molecule has 4 rings (SSSR count). The number of piperidine rings is 1. The fraction of sp³-hybridized carbons (Fsp3) is 0.444. The molecule has 5 heteroatoms. The summed E-state index contributed by atoms with van der Waals surface area (Å²) in [7, 11) is 1.97. The van der Waals surface area contributed by atoms with E-state index in [0.29, 0.717) is 17.4 Å². The van der Waals surface area contributed by atoms with Crippen LogP contribution >= 0.6 is 23.2 Å². The maximum Gasteiger partial charge on any atom is 0.229 e. The lowest BCUT2D eigenvalue weighted by Gasteiger charge is -2.52. The van der Waals surface area contributed by atoms with Gasteiger partial charge in [-0.05, 0) is 74.0 Å². The fourth-order valence-electron chi connectivity index (χ4n) is 5.43. The van der Waals surface area contributed by atoms with Crippen molar-refractivity contribution >= 4 is 29.1 Å². The van der Waals surface area contributed by atoms with Crippen LogP contribution in [0.5, 0.6) is 0 Å². The number of likely N-dealkylation sites (N-methyl/N-ethyl adjacent to an activating group) is 1. The van der Waals surface area contributed by atoms with Gasteiger partial charge in [-0.25, -0.2) is 0 Å². The van der Waals surface area contributed by atoms with Gasteiger partial charge in [0.1, 0.15) is 0 Å². The Hall–Kier alpha value is -1.81. The summed E-state index contributed by atoms with van der Waals surface area (Å²) in [5.74, 6) is 0.880. The third-order valence-electron chi connectivity index (χ3n) is 7.12. The molecule has 0 unspecified atom stereocenters. The van der Waals surface area contributed by atoms with Crippen molar-refractivity contribution in [1.29, 1.82) is 0 Å². The van der Waals surface area contributed by atoms with Gasteiger partial charge in [0.25, 0.3) is 0 Å². The van der Waals surface area contributed by atoms with Crippen molar-refractivity contribution < 1.29 is 4.79 Å². The van der Waals surface area contributed by atoms with E-state index in [1.165, 1.54) is 18.4 Å². The Kier molecular flexibility index (Phi) is 7.00. The first-order chi connectivity index (χ1) is 15.4. The number of carbonyl (C=O) groups excluding carboxylic acids is 1. The molecular weight excluding hydrogens is 439 g/mol.